The molecule has 4 aromatic rings. The summed E-state index contributed by atoms with van der Waals surface area (Å²) in [6.45, 7) is 0. The lowest BCUT2D eigenvalue weighted by molar-refractivity contribution is -0.122. The van der Waals surface area contributed by atoms with Crippen LogP contribution >= 0.6 is 27.5 Å². The highest BCUT2D eigenvalue weighted by molar-refractivity contribution is 9.10. The number of carbonyl (C=O) groups is 1. The van der Waals surface area contributed by atoms with Gasteiger partial charge in [0.2, 0.25) is 5.91 Å². The minimum atomic E-state index is -1.27. The van der Waals surface area contributed by atoms with Crippen molar-refractivity contribution < 1.29 is 9.21 Å². The number of hydrogen-bond acceptors (Lipinski definition) is 6. The van der Waals surface area contributed by atoms with Crippen LogP contribution in [-0.2, 0) is 11.2 Å². The van der Waals surface area contributed by atoms with Crippen molar-refractivity contribution in [2.45, 2.75) is 12.0 Å². The molecule has 0 fully saturated rings. The fourth-order valence-electron chi connectivity index (χ4n) is 4.01. The molecule has 2 aromatic carbocycles. The highest BCUT2D eigenvalue weighted by atomic mass is 79.9. The van der Waals surface area contributed by atoms with Gasteiger partial charge in [-0.2, -0.15) is 0 Å². The van der Waals surface area contributed by atoms with Crippen molar-refractivity contribution in [2.24, 2.45) is 5.73 Å². The van der Waals surface area contributed by atoms with E-state index in [4.69, 9.17) is 21.8 Å². The molecule has 2 aromatic heterocycles. The van der Waals surface area contributed by atoms with E-state index in [1.165, 1.54) is 10.7 Å². The molecule has 0 saturated heterocycles. The summed E-state index contributed by atoms with van der Waals surface area (Å²) < 4.78 is 7.63. The quantitative estimate of drug-likeness (QED) is 0.374. The first kappa shape index (κ1) is 22.1. The number of carbonyl (C=O) groups excluding carboxylic acids is 1. The van der Waals surface area contributed by atoms with Crippen molar-refractivity contribution in [3.63, 3.8) is 0 Å². The zero-order valence-electron chi connectivity index (χ0n) is 17.5. The Morgan fingerprint density at radius 3 is 2.88 bits per heavy atom. The summed E-state index contributed by atoms with van der Waals surface area (Å²) in [5.41, 5.74) is 6.97. The summed E-state index contributed by atoms with van der Waals surface area (Å²) in [7, 11) is 0. The molecule has 0 bridgehead atoms. The van der Waals surface area contributed by atoms with Crippen LogP contribution in [0.3, 0.4) is 0 Å². The maximum absolute atomic E-state index is 12.8. The first-order chi connectivity index (χ1) is 16.4. The first-order valence-corrected chi connectivity index (χ1v) is 11.4. The normalized spacial score (nSPS) is 17.4. The molecule has 170 valence electrons. The number of para-hydroxylation sites is 1. The SMILES string of the molecule is NC(=O)C1(Cc2ccc(Cl)c(Br)c2)NC=CC=C1c1cn(-c2cccc3ccc(=O)oc23)nn1. The number of nitrogens with zero attached hydrogens (tertiary/aromatic N) is 3. The zero-order valence-corrected chi connectivity index (χ0v) is 19.9. The standard InChI is InChI=1S/C24H17BrClN5O3/c25-17-11-14(6-8-18(17)26)12-24(23(27)33)16(4-2-10-28-24)19-13-31(30-29-19)20-5-1-3-15-7-9-21(32)34-22(15)20/h1-11,13,28H,12H2,(H2,27,33). The van der Waals surface area contributed by atoms with Crippen LogP contribution in [0, 0.1) is 0 Å². The Labute approximate surface area is 206 Å². The lowest BCUT2D eigenvalue weighted by Crippen LogP contribution is -2.56. The van der Waals surface area contributed by atoms with Gasteiger partial charge in [-0.1, -0.05) is 41.1 Å². The van der Waals surface area contributed by atoms with Gasteiger partial charge in [0.15, 0.2) is 5.58 Å². The van der Waals surface area contributed by atoms with E-state index >= 15 is 0 Å². The largest absolute Gasteiger partial charge is 0.420 e. The van der Waals surface area contributed by atoms with Crippen LogP contribution in [0.2, 0.25) is 5.02 Å². The molecule has 8 nitrogen and oxygen atoms in total. The van der Waals surface area contributed by atoms with Crippen molar-refractivity contribution in [1.29, 1.82) is 0 Å². The summed E-state index contributed by atoms with van der Waals surface area (Å²) in [4.78, 5) is 24.6. The second-order valence-corrected chi connectivity index (χ2v) is 9.04. The number of rotatable bonds is 5. The molecule has 10 heteroatoms. The van der Waals surface area contributed by atoms with E-state index < -0.39 is 17.1 Å². The number of hydrogen-bond donors (Lipinski definition) is 2. The number of primary amides is 1. The number of nitrogens with one attached hydrogen (secondary N) is 1. The van der Waals surface area contributed by atoms with Crippen LogP contribution < -0.4 is 16.7 Å². The van der Waals surface area contributed by atoms with E-state index in [1.54, 1.807) is 42.7 Å². The van der Waals surface area contributed by atoms with Gasteiger partial charge in [0.25, 0.3) is 0 Å². The lowest BCUT2D eigenvalue weighted by Gasteiger charge is -2.35. The van der Waals surface area contributed by atoms with Gasteiger partial charge in [0.1, 0.15) is 16.9 Å². The summed E-state index contributed by atoms with van der Waals surface area (Å²) >= 11 is 9.56. The molecule has 34 heavy (non-hydrogen) atoms. The van der Waals surface area contributed by atoms with E-state index in [9.17, 15) is 9.59 Å². The predicted octanol–water partition coefficient (Wildman–Crippen LogP) is 3.76. The Hall–Kier alpha value is -3.69. The van der Waals surface area contributed by atoms with Gasteiger partial charge in [0.05, 0.1) is 11.2 Å². The molecular formula is C24H17BrClN5O3. The van der Waals surface area contributed by atoms with E-state index in [-0.39, 0.29) is 6.42 Å². The number of nitrogens with two attached hydrogens (primary N) is 1. The Kier molecular flexibility index (Phi) is 5.59. The zero-order chi connectivity index (χ0) is 23.9. The molecule has 0 aliphatic carbocycles. The lowest BCUT2D eigenvalue weighted by atomic mass is 9.80. The van der Waals surface area contributed by atoms with Gasteiger partial charge in [-0.15, -0.1) is 5.10 Å². The molecule has 1 aliphatic rings. The van der Waals surface area contributed by atoms with E-state index in [2.05, 4.69) is 31.6 Å². The number of fused-ring (bicyclic) bond motifs is 1. The minimum Gasteiger partial charge on any atom is -0.420 e. The van der Waals surface area contributed by atoms with Crippen molar-refractivity contribution >= 4 is 50.0 Å². The maximum atomic E-state index is 12.8. The van der Waals surface area contributed by atoms with Crippen LogP contribution in [0.5, 0.6) is 0 Å². The third-order valence-corrected chi connectivity index (χ3v) is 6.88. The Morgan fingerprint density at radius 1 is 1.24 bits per heavy atom. The van der Waals surface area contributed by atoms with E-state index in [1.807, 2.05) is 24.3 Å². The van der Waals surface area contributed by atoms with Crippen LogP contribution in [0.15, 0.2) is 86.8 Å². The molecule has 3 N–H and O–H groups in total. The molecule has 1 aliphatic heterocycles. The average Bonchev–Trinajstić information content (AvgIpc) is 3.31. The molecule has 5 rings (SSSR count). The van der Waals surface area contributed by atoms with Crippen LogP contribution in [-0.4, -0.2) is 26.4 Å². The number of aromatic nitrogens is 3. The third kappa shape index (κ3) is 3.82. The smallest absolute Gasteiger partial charge is 0.336 e. The summed E-state index contributed by atoms with van der Waals surface area (Å²) in [5, 5.41) is 13.0. The molecule has 1 unspecified atom stereocenters. The molecule has 0 spiro atoms. The second-order valence-electron chi connectivity index (χ2n) is 7.78. The Balaban J connectivity index is 1.59. The van der Waals surface area contributed by atoms with Gasteiger partial charge >= 0.3 is 5.63 Å². The minimum absolute atomic E-state index is 0.254. The average molecular weight is 539 g/mol. The number of benzene rings is 2. The molecular weight excluding hydrogens is 522 g/mol. The van der Waals surface area contributed by atoms with Crippen LogP contribution in [0.4, 0.5) is 0 Å². The van der Waals surface area contributed by atoms with Crippen molar-refractivity contribution in [3.8, 4) is 5.69 Å². The maximum Gasteiger partial charge on any atom is 0.336 e. The van der Waals surface area contributed by atoms with Gasteiger partial charge in [-0.3, -0.25) is 4.79 Å². The van der Waals surface area contributed by atoms with Gasteiger partial charge in [0, 0.05) is 27.9 Å². The van der Waals surface area contributed by atoms with Gasteiger partial charge in [-0.05, 0) is 58.0 Å². The number of dihydropyridines is 1. The van der Waals surface area contributed by atoms with E-state index in [0.717, 1.165) is 10.9 Å². The first-order valence-electron chi connectivity index (χ1n) is 10.2. The molecule has 0 saturated carbocycles. The number of halogens is 2. The summed E-state index contributed by atoms with van der Waals surface area (Å²) in [6.07, 6.45) is 7.14. The molecule has 3 heterocycles. The second kappa shape index (κ2) is 8.58. The topological polar surface area (TPSA) is 116 Å². The molecule has 1 amide bonds. The summed E-state index contributed by atoms with van der Waals surface area (Å²) in [6, 6.07) is 13.9. The highest BCUT2D eigenvalue weighted by Gasteiger charge is 2.42. The number of amides is 1. The van der Waals surface area contributed by atoms with Gasteiger partial charge in [-0.25, -0.2) is 9.48 Å². The van der Waals surface area contributed by atoms with Crippen LogP contribution in [0.25, 0.3) is 22.2 Å². The fourth-order valence-corrected chi connectivity index (χ4v) is 4.56. The fraction of sp³-hybridized carbons (Fsp3) is 0.0833. The van der Waals surface area contributed by atoms with E-state index in [0.29, 0.717) is 32.0 Å². The van der Waals surface area contributed by atoms with Crippen molar-refractivity contribution in [1.82, 2.24) is 20.3 Å². The van der Waals surface area contributed by atoms with Crippen LogP contribution in [0.1, 0.15) is 11.3 Å². The highest BCUT2D eigenvalue weighted by Crippen LogP contribution is 2.34. The third-order valence-electron chi connectivity index (χ3n) is 5.67. The number of allylic oxidation sites excluding steroid dienone is 2. The monoisotopic (exact) mass is 537 g/mol. The van der Waals surface area contributed by atoms with Gasteiger partial charge < -0.3 is 15.5 Å². The van der Waals surface area contributed by atoms with Crippen molar-refractivity contribution in [2.75, 3.05) is 0 Å². The predicted molar refractivity (Wildman–Crippen MR) is 132 cm³/mol. The Morgan fingerprint density at radius 2 is 2.09 bits per heavy atom. The summed E-state index contributed by atoms with van der Waals surface area (Å²) in [5.74, 6) is -0.570. The molecule has 1 atom stereocenters. The van der Waals surface area contributed by atoms with Crippen molar-refractivity contribution in [3.05, 3.63) is 104 Å². The Bertz CT molecular complexity index is 1560. The molecule has 0 radical (unpaired) electrons.